The number of anilines is 1. The molecule has 3 aromatic rings. The minimum atomic E-state index is -4.63. The SMILES string of the molecule is O=C(Nc1ccc(Br)cc1C(=O)NN=Cc1ccc(Cl)c(C(F)(F)F)c1)c1ccno1. The van der Waals surface area contributed by atoms with E-state index in [2.05, 4.69) is 36.9 Å². The molecule has 2 N–H and O–H groups in total. The van der Waals surface area contributed by atoms with Crippen molar-refractivity contribution in [3.05, 3.63) is 80.6 Å². The molecular weight excluding hydrogens is 505 g/mol. The molecule has 0 saturated carbocycles. The van der Waals surface area contributed by atoms with Gasteiger partial charge >= 0.3 is 6.18 Å². The van der Waals surface area contributed by atoms with Crippen LogP contribution in [0.3, 0.4) is 0 Å². The first-order valence-electron chi connectivity index (χ1n) is 8.37. The predicted molar refractivity (Wildman–Crippen MR) is 110 cm³/mol. The Balaban J connectivity index is 1.76. The van der Waals surface area contributed by atoms with Gasteiger partial charge in [-0.15, -0.1) is 0 Å². The lowest BCUT2D eigenvalue weighted by molar-refractivity contribution is -0.137. The number of aromatic nitrogens is 1. The van der Waals surface area contributed by atoms with Gasteiger partial charge in [0.15, 0.2) is 0 Å². The maximum absolute atomic E-state index is 12.9. The van der Waals surface area contributed by atoms with Gasteiger partial charge in [0.05, 0.1) is 34.2 Å². The fourth-order valence-corrected chi connectivity index (χ4v) is 2.98. The van der Waals surface area contributed by atoms with Crippen molar-refractivity contribution >= 4 is 51.2 Å². The van der Waals surface area contributed by atoms with Gasteiger partial charge in [-0.05, 0) is 35.9 Å². The van der Waals surface area contributed by atoms with Crippen molar-refractivity contribution in [3.63, 3.8) is 0 Å². The summed E-state index contributed by atoms with van der Waals surface area (Å²) in [5.74, 6) is -1.40. The van der Waals surface area contributed by atoms with Crippen LogP contribution in [-0.2, 0) is 6.18 Å². The van der Waals surface area contributed by atoms with E-state index in [0.29, 0.717) is 4.47 Å². The summed E-state index contributed by atoms with van der Waals surface area (Å²) in [6, 6.07) is 9.06. The number of halogens is 5. The van der Waals surface area contributed by atoms with Crippen molar-refractivity contribution in [2.24, 2.45) is 5.10 Å². The Kier molecular flexibility index (Phi) is 6.76. The van der Waals surface area contributed by atoms with Gasteiger partial charge in [0, 0.05) is 10.5 Å². The monoisotopic (exact) mass is 514 g/mol. The van der Waals surface area contributed by atoms with Crippen LogP contribution < -0.4 is 10.7 Å². The van der Waals surface area contributed by atoms with Crippen molar-refractivity contribution in [2.75, 3.05) is 5.32 Å². The first-order chi connectivity index (χ1) is 14.6. The van der Waals surface area contributed by atoms with Crippen LogP contribution in [0.1, 0.15) is 32.0 Å². The summed E-state index contributed by atoms with van der Waals surface area (Å²) < 4.78 is 44.1. The Morgan fingerprint density at radius 1 is 1.13 bits per heavy atom. The van der Waals surface area contributed by atoms with Crippen LogP contribution in [-0.4, -0.2) is 23.2 Å². The Hall–Kier alpha value is -3.18. The minimum absolute atomic E-state index is 0.0477. The second-order valence-corrected chi connectivity index (χ2v) is 7.28. The topological polar surface area (TPSA) is 96.6 Å². The van der Waals surface area contributed by atoms with E-state index in [1.54, 1.807) is 6.07 Å². The van der Waals surface area contributed by atoms with Crippen LogP contribution in [0.4, 0.5) is 18.9 Å². The Labute approximate surface area is 186 Å². The number of hydrazone groups is 1. The second-order valence-electron chi connectivity index (χ2n) is 5.96. The van der Waals surface area contributed by atoms with Crippen molar-refractivity contribution in [1.82, 2.24) is 10.6 Å². The molecule has 0 aliphatic rings. The van der Waals surface area contributed by atoms with E-state index in [-0.39, 0.29) is 22.6 Å². The van der Waals surface area contributed by atoms with Crippen LogP contribution >= 0.6 is 27.5 Å². The molecule has 12 heteroatoms. The Morgan fingerprint density at radius 2 is 1.90 bits per heavy atom. The van der Waals surface area contributed by atoms with E-state index in [1.165, 1.54) is 30.5 Å². The van der Waals surface area contributed by atoms with Crippen LogP contribution in [0.25, 0.3) is 0 Å². The molecule has 160 valence electrons. The van der Waals surface area contributed by atoms with Gasteiger partial charge in [0.25, 0.3) is 11.8 Å². The van der Waals surface area contributed by atoms with Gasteiger partial charge in [-0.25, -0.2) is 5.43 Å². The Morgan fingerprint density at radius 3 is 2.58 bits per heavy atom. The highest BCUT2D eigenvalue weighted by molar-refractivity contribution is 9.10. The molecule has 1 heterocycles. The second kappa shape index (κ2) is 9.31. The first-order valence-corrected chi connectivity index (χ1v) is 9.54. The number of nitrogens with zero attached hydrogens (tertiary/aromatic N) is 2. The number of amides is 2. The lowest BCUT2D eigenvalue weighted by atomic mass is 10.1. The molecule has 0 aliphatic carbocycles. The summed E-state index contributed by atoms with van der Waals surface area (Å²) >= 11 is 8.80. The number of rotatable bonds is 5. The fourth-order valence-electron chi connectivity index (χ4n) is 2.40. The average Bonchev–Trinajstić information content (AvgIpc) is 3.24. The quantitative estimate of drug-likeness (QED) is 0.364. The lowest BCUT2D eigenvalue weighted by Gasteiger charge is -2.10. The molecule has 31 heavy (non-hydrogen) atoms. The molecule has 2 amide bonds. The normalized spacial score (nSPS) is 11.5. The average molecular weight is 516 g/mol. The molecule has 0 saturated heterocycles. The number of carbonyl (C=O) groups is 2. The van der Waals surface area contributed by atoms with E-state index >= 15 is 0 Å². The molecule has 0 atom stereocenters. The van der Waals surface area contributed by atoms with Gasteiger partial charge in [-0.3, -0.25) is 9.59 Å². The number of benzene rings is 2. The Bertz CT molecular complexity index is 1150. The summed E-state index contributed by atoms with van der Waals surface area (Å²) in [6.07, 6.45) is -2.30. The molecule has 1 aromatic heterocycles. The lowest BCUT2D eigenvalue weighted by Crippen LogP contribution is -2.21. The van der Waals surface area contributed by atoms with Crippen LogP contribution in [0.5, 0.6) is 0 Å². The number of carbonyl (C=O) groups excluding carboxylic acids is 2. The van der Waals surface area contributed by atoms with E-state index in [1.807, 2.05) is 0 Å². The highest BCUT2D eigenvalue weighted by atomic mass is 79.9. The van der Waals surface area contributed by atoms with E-state index in [4.69, 9.17) is 16.1 Å². The van der Waals surface area contributed by atoms with E-state index in [0.717, 1.165) is 18.3 Å². The number of hydrogen-bond acceptors (Lipinski definition) is 5. The van der Waals surface area contributed by atoms with E-state index < -0.39 is 28.6 Å². The van der Waals surface area contributed by atoms with Gasteiger partial charge in [0.1, 0.15) is 0 Å². The molecule has 0 spiro atoms. The number of alkyl halides is 3. The molecular formula is C19H11BrClF3N4O3. The molecule has 0 bridgehead atoms. The molecule has 7 nitrogen and oxygen atoms in total. The van der Waals surface area contributed by atoms with Crippen molar-refractivity contribution in [3.8, 4) is 0 Å². The highest BCUT2D eigenvalue weighted by Gasteiger charge is 2.33. The zero-order valence-corrected chi connectivity index (χ0v) is 17.5. The summed E-state index contributed by atoms with van der Waals surface area (Å²) in [7, 11) is 0. The smallest absolute Gasteiger partial charge is 0.351 e. The number of hydrogen-bond donors (Lipinski definition) is 2. The molecule has 0 radical (unpaired) electrons. The fraction of sp³-hybridized carbons (Fsp3) is 0.0526. The summed E-state index contributed by atoms with van der Waals surface area (Å²) in [5, 5.41) is 9.18. The molecule has 0 aliphatic heterocycles. The third-order valence-electron chi connectivity index (χ3n) is 3.81. The molecule has 0 unspecified atom stereocenters. The standard InChI is InChI=1S/C19H11BrClF3N4O3/c20-11-2-4-15(27-18(30)16-5-6-26-31-16)12(8-11)17(29)28-25-9-10-1-3-14(21)13(7-10)19(22,23)24/h1-9H,(H,27,30)(H,28,29). The van der Waals surface area contributed by atoms with Crippen molar-refractivity contribution in [2.45, 2.75) is 6.18 Å². The van der Waals surface area contributed by atoms with Crippen LogP contribution in [0.15, 0.2) is 62.8 Å². The summed E-state index contributed by atoms with van der Waals surface area (Å²) in [6.45, 7) is 0. The maximum atomic E-state index is 12.9. The maximum Gasteiger partial charge on any atom is 0.417 e. The minimum Gasteiger partial charge on any atom is -0.351 e. The molecule has 0 fully saturated rings. The largest absolute Gasteiger partial charge is 0.417 e. The predicted octanol–water partition coefficient (Wildman–Crippen LogP) is 5.13. The van der Waals surface area contributed by atoms with Crippen molar-refractivity contribution < 1.29 is 27.3 Å². The van der Waals surface area contributed by atoms with Gasteiger partial charge in [-0.2, -0.15) is 18.3 Å². The third kappa shape index (κ3) is 5.70. The van der Waals surface area contributed by atoms with E-state index in [9.17, 15) is 22.8 Å². The van der Waals surface area contributed by atoms with Crippen molar-refractivity contribution in [1.29, 1.82) is 0 Å². The van der Waals surface area contributed by atoms with Gasteiger partial charge in [0.2, 0.25) is 5.76 Å². The van der Waals surface area contributed by atoms with Gasteiger partial charge < -0.3 is 9.84 Å². The zero-order chi connectivity index (χ0) is 22.6. The highest BCUT2D eigenvalue weighted by Crippen LogP contribution is 2.34. The number of nitrogens with one attached hydrogen (secondary N) is 2. The van der Waals surface area contributed by atoms with Crippen LogP contribution in [0, 0.1) is 0 Å². The van der Waals surface area contributed by atoms with Crippen LogP contribution in [0.2, 0.25) is 5.02 Å². The molecule has 2 aromatic carbocycles. The zero-order valence-electron chi connectivity index (χ0n) is 15.2. The summed E-state index contributed by atoms with van der Waals surface area (Å²) in [5.41, 5.74) is 1.46. The first kappa shape index (κ1) is 22.5. The summed E-state index contributed by atoms with van der Waals surface area (Å²) in [4.78, 5) is 24.7. The third-order valence-corrected chi connectivity index (χ3v) is 4.63. The van der Waals surface area contributed by atoms with Gasteiger partial charge in [-0.1, -0.05) is 38.8 Å². The molecule has 3 rings (SSSR count).